The van der Waals surface area contributed by atoms with Crippen LogP contribution in [0.25, 0.3) is 0 Å². The van der Waals surface area contributed by atoms with Crippen LogP contribution in [0.15, 0.2) is 12.3 Å². The molecule has 4 N–H and O–H groups in total. The molecule has 0 aliphatic carbocycles. The van der Waals surface area contributed by atoms with Crippen molar-refractivity contribution in [3.63, 3.8) is 0 Å². The number of anilines is 2. The molecule has 0 aliphatic rings. The predicted molar refractivity (Wildman–Crippen MR) is 61.3 cm³/mol. The van der Waals surface area contributed by atoms with Gasteiger partial charge in [-0.25, -0.2) is 10.8 Å². The van der Waals surface area contributed by atoms with Crippen molar-refractivity contribution in [2.45, 2.75) is 6.42 Å². The van der Waals surface area contributed by atoms with Crippen LogP contribution in [0.2, 0.25) is 0 Å². The van der Waals surface area contributed by atoms with Crippen LogP contribution >= 0.6 is 11.8 Å². The summed E-state index contributed by atoms with van der Waals surface area (Å²) in [6.07, 6.45) is 4.89. The van der Waals surface area contributed by atoms with E-state index in [2.05, 4.69) is 27.0 Å². The number of nitrogens with one attached hydrogen (secondary N) is 2. The SMILES string of the molecule is CSCCCNc1ccnc(NN)n1. The molecular weight excluding hydrogens is 198 g/mol. The molecular formula is C8H15N5S. The molecule has 0 aliphatic heterocycles. The fourth-order valence-corrected chi connectivity index (χ4v) is 1.39. The van der Waals surface area contributed by atoms with Gasteiger partial charge < -0.3 is 5.32 Å². The van der Waals surface area contributed by atoms with Gasteiger partial charge in [0.1, 0.15) is 5.82 Å². The molecule has 1 aromatic rings. The van der Waals surface area contributed by atoms with Gasteiger partial charge in [0.05, 0.1) is 0 Å². The number of nitrogens with two attached hydrogens (primary N) is 1. The molecule has 0 spiro atoms. The Morgan fingerprint density at radius 3 is 3.14 bits per heavy atom. The number of thioether (sulfide) groups is 1. The lowest BCUT2D eigenvalue weighted by Gasteiger charge is -2.05. The average molecular weight is 213 g/mol. The smallest absolute Gasteiger partial charge is 0.239 e. The van der Waals surface area contributed by atoms with Crippen molar-refractivity contribution >= 4 is 23.5 Å². The van der Waals surface area contributed by atoms with Crippen molar-refractivity contribution in [1.82, 2.24) is 9.97 Å². The van der Waals surface area contributed by atoms with E-state index in [1.54, 1.807) is 6.20 Å². The Balaban J connectivity index is 2.34. The van der Waals surface area contributed by atoms with E-state index in [1.807, 2.05) is 17.8 Å². The van der Waals surface area contributed by atoms with Gasteiger partial charge in [0.25, 0.3) is 0 Å². The van der Waals surface area contributed by atoms with Crippen LogP contribution in [0.4, 0.5) is 11.8 Å². The quantitative estimate of drug-likeness (QED) is 0.371. The summed E-state index contributed by atoms with van der Waals surface area (Å²) in [5.74, 6) is 7.57. The van der Waals surface area contributed by atoms with Crippen molar-refractivity contribution in [3.8, 4) is 0 Å². The van der Waals surface area contributed by atoms with Crippen molar-refractivity contribution in [1.29, 1.82) is 0 Å². The standard InChI is InChI=1S/C8H15N5S/c1-14-6-2-4-10-7-3-5-11-8(12-7)13-9/h3,5H,2,4,6,9H2,1H3,(H2,10,11,12,13). The maximum atomic E-state index is 5.19. The van der Waals surface area contributed by atoms with E-state index in [1.165, 1.54) is 0 Å². The summed E-state index contributed by atoms with van der Waals surface area (Å²) in [5.41, 5.74) is 2.40. The van der Waals surface area contributed by atoms with Crippen molar-refractivity contribution < 1.29 is 0 Å². The fraction of sp³-hybridized carbons (Fsp3) is 0.500. The Hall–Kier alpha value is -1.01. The first kappa shape index (κ1) is 11.1. The number of rotatable bonds is 6. The van der Waals surface area contributed by atoms with Crippen molar-refractivity contribution in [3.05, 3.63) is 12.3 Å². The zero-order valence-electron chi connectivity index (χ0n) is 8.16. The molecule has 1 rings (SSSR count). The number of nitrogen functional groups attached to an aromatic ring is 1. The minimum absolute atomic E-state index is 0.430. The molecule has 1 heterocycles. The minimum Gasteiger partial charge on any atom is -0.370 e. The molecule has 6 heteroatoms. The fourth-order valence-electron chi connectivity index (χ4n) is 0.960. The van der Waals surface area contributed by atoms with E-state index in [-0.39, 0.29) is 0 Å². The molecule has 0 unspecified atom stereocenters. The van der Waals surface area contributed by atoms with Crippen molar-refractivity contribution in [2.75, 3.05) is 29.3 Å². The highest BCUT2D eigenvalue weighted by molar-refractivity contribution is 7.98. The summed E-state index contributed by atoms with van der Waals surface area (Å²) in [6, 6.07) is 1.82. The molecule has 1 aromatic heterocycles. The third-order valence-electron chi connectivity index (χ3n) is 1.62. The molecule has 0 aromatic carbocycles. The van der Waals surface area contributed by atoms with Gasteiger partial charge in [0.2, 0.25) is 5.95 Å². The summed E-state index contributed by atoms with van der Waals surface area (Å²) in [5, 5.41) is 3.19. The Kier molecular flexibility index (Phi) is 5.09. The van der Waals surface area contributed by atoms with E-state index in [0.29, 0.717) is 5.95 Å². The first-order chi connectivity index (χ1) is 6.86. The largest absolute Gasteiger partial charge is 0.370 e. The Morgan fingerprint density at radius 1 is 1.57 bits per heavy atom. The number of aromatic nitrogens is 2. The van der Waals surface area contributed by atoms with Gasteiger partial charge in [-0.3, -0.25) is 5.43 Å². The van der Waals surface area contributed by atoms with Gasteiger partial charge in [0.15, 0.2) is 0 Å². The Bertz CT molecular complexity index is 268. The number of hydrogen-bond acceptors (Lipinski definition) is 6. The normalized spacial score (nSPS) is 9.86. The maximum absolute atomic E-state index is 5.19. The van der Waals surface area contributed by atoms with Crippen LogP contribution in [0.5, 0.6) is 0 Å². The Labute approximate surface area is 87.9 Å². The summed E-state index contributed by atoms with van der Waals surface area (Å²) < 4.78 is 0. The van der Waals surface area contributed by atoms with Gasteiger partial charge in [-0.1, -0.05) is 0 Å². The number of hydrogen-bond donors (Lipinski definition) is 3. The highest BCUT2D eigenvalue weighted by Crippen LogP contribution is 2.04. The zero-order chi connectivity index (χ0) is 10.2. The lowest BCUT2D eigenvalue weighted by atomic mass is 10.4. The number of hydrazine groups is 1. The van der Waals surface area contributed by atoms with E-state index < -0.39 is 0 Å². The average Bonchev–Trinajstić information content (AvgIpc) is 2.25. The van der Waals surface area contributed by atoms with Gasteiger partial charge in [-0.05, 0) is 24.5 Å². The van der Waals surface area contributed by atoms with Crippen LogP contribution in [-0.2, 0) is 0 Å². The van der Waals surface area contributed by atoms with E-state index >= 15 is 0 Å². The number of nitrogens with zero attached hydrogens (tertiary/aromatic N) is 2. The van der Waals surface area contributed by atoms with E-state index in [4.69, 9.17) is 5.84 Å². The maximum Gasteiger partial charge on any atom is 0.239 e. The first-order valence-corrected chi connectivity index (χ1v) is 5.78. The van der Waals surface area contributed by atoms with E-state index in [0.717, 1.165) is 24.5 Å². The molecule has 0 saturated heterocycles. The highest BCUT2D eigenvalue weighted by atomic mass is 32.2. The second-order valence-electron chi connectivity index (χ2n) is 2.68. The minimum atomic E-state index is 0.430. The van der Waals surface area contributed by atoms with Gasteiger partial charge in [-0.15, -0.1) is 0 Å². The summed E-state index contributed by atoms with van der Waals surface area (Å²) >= 11 is 1.84. The first-order valence-electron chi connectivity index (χ1n) is 4.39. The van der Waals surface area contributed by atoms with Crippen LogP contribution in [0, 0.1) is 0 Å². The van der Waals surface area contributed by atoms with Gasteiger partial charge >= 0.3 is 0 Å². The Morgan fingerprint density at radius 2 is 2.43 bits per heavy atom. The predicted octanol–water partition coefficient (Wildman–Crippen LogP) is 0.927. The van der Waals surface area contributed by atoms with Crippen LogP contribution in [-0.4, -0.2) is 28.5 Å². The van der Waals surface area contributed by atoms with Crippen LogP contribution in [0.3, 0.4) is 0 Å². The second-order valence-corrected chi connectivity index (χ2v) is 3.67. The van der Waals surface area contributed by atoms with Crippen LogP contribution < -0.4 is 16.6 Å². The molecule has 0 fully saturated rings. The molecule has 0 radical (unpaired) electrons. The second kappa shape index (κ2) is 6.44. The summed E-state index contributed by atoms with van der Waals surface area (Å²) in [6.45, 7) is 0.919. The van der Waals surface area contributed by atoms with Crippen LogP contribution in [0.1, 0.15) is 6.42 Å². The molecule has 14 heavy (non-hydrogen) atoms. The highest BCUT2D eigenvalue weighted by Gasteiger charge is 1.95. The van der Waals surface area contributed by atoms with E-state index in [9.17, 15) is 0 Å². The third-order valence-corrected chi connectivity index (χ3v) is 2.31. The molecule has 0 amide bonds. The van der Waals surface area contributed by atoms with Gasteiger partial charge in [-0.2, -0.15) is 16.7 Å². The molecule has 78 valence electrons. The third kappa shape index (κ3) is 3.80. The molecule has 0 atom stereocenters. The lowest BCUT2D eigenvalue weighted by molar-refractivity contribution is 0.975. The monoisotopic (exact) mass is 213 g/mol. The lowest BCUT2D eigenvalue weighted by Crippen LogP contribution is -2.12. The summed E-state index contributed by atoms with van der Waals surface area (Å²) in [4.78, 5) is 8.03. The van der Waals surface area contributed by atoms with Crippen molar-refractivity contribution in [2.24, 2.45) is 5.84 Å². The zero-order valence-corrected chi connectivity index (χ0v) is 8.97. The summed E-state index contributed by atoms with van der Waals surface area (Å²) in [7, 11) is 0. The molecule has 0 bridgehead atoms. The topological polar surface area (TPSA) is 75.9 Å². The molecule has 5 nitrogen and oxygen atoms in total. The molecule has 0 saturated carbocycles. The van der Waals surface area contributed by atoms with Gasteiger partial charge in [0, 0.05) is 12.7 Å².